The molecule has 0 spiro atoms. The van der Waals surface area contributed by atoms with Crippen LogP contribution >= 0.6 is 0 Å². The Labute approximate surface area is 107 Å². The zero-order valence-electron chi connectivity index (χ0n) is 10.7. The van der Waals surface area contributed by atoms with Gasteiger partial charge in [0.05, 0.1) is 11.8 Å². The van der Waals surface area contributed by atoms with Gasteiger partial charge in [-0.25, -0.2) is 0 Å². The molecule has 0 aromatic heterocycles. The first-order valence-electron chi connectivity index (χ1n) is 7.03. The van der Waals surface area contributed by atoms with Crippen molar-refractivity contribution in [2.24, 2.45) is 23.7 Å². The summed E-state index contributed by atoms with van der Waals surface area (Å²) < 4.78 is 0. The molecule has 0 aliphatic heterocycles. The van der Waals surface area contributed by atoms with Crippen molar-refractivity contribution in [3.63, 3.8) is 0 Å². The minimum absolute atomic E-state index is 0.142. The number of carboxylic acid groups (broad SMARTS) is 2. The second kappa shape index (κ2) is 5.72. The molecular weight excluding hydrogens is 232 g/mol. The quantitative estimate of drug-likeness (QED) is 0.812. The molecule has 0 bridgehead atoms. The lowest BCUT2D eigenvalue weighted by Crippen LogP contribution is -2.29. The lowest BCUT2D eigenvalue weighted by Gasteiger charge is -2.36. The van der Waals surface area contributed by atoms with Gasteiger partial charge in [-0.15, -0.1) is 0 Å². The van der Waals surface area contributed by atoms with Crippen molar-refractivity contribution >= 4 is 11.9 Å². The lowest BCUT2D eigenvalue weighted by molar-refractivity contribution is -0.145. The van der Waals surface area contributed by atoms with Gasteiger partial charge in [0, 0.05) is 0 Å². The van der Waals surface area contributed by atoms with Crippen LogP contribution in [0.4, 0.5) is 0 Å². The van der Waals surface area contributed by atoms with E-state index in [1.807, 2.05) is 0 Å². The van der Waals surface area contributed by atoms with Gasteiger partial charge in [-0.05, 0) is 63.2 Å². The van der Waals surface area contributed by atoms with Crippen LogP contribution in [-0.2, 0) is 9.59 Å². The topological polar surface area (TPSA) is 74.6 Å². The van der Waals surface area contributed by atoms with Crippen LogP contribution in [0.15, 0.2) is 0 Å². The lowest BCUT2D eigenvalue weighted by atomic mass is 9.69. The number of aliphatic carboxylic acids is 2. The van der Waals surface area contributed by atoms with Gasteiger partial charge in [0.1, 0.15) is 0 Å². The molecule has 0 unspecified atom stereocenters. The number of hydrogen-bond donors (Lipinski definition) is 2. The molecule has 2 rings (SSSR count). The predicted octanol–water partition coefficient (Wildman–Crippen LogP) is 2.77. The standard InChI is InChI=1S/C14H22O4/c15-13(16)11-5-1-9(2-6-11)10-3-7-12(8-4-10)14(17)18/h9-12H,1-8H2,(H,15,16)(H,17,18)/t9-,10?,11+,12?. The van der Waals surface area contributed by atoms with Crippen LogP contribution in [0.2, 0.25) is 0 Å². The summed E-state index contributed by atoms with van der Waals surface area (Å²) in [5, 5.41) is 17.9. The number of rotatable bonds is 3. The third-order valence-electron chi connectivity index (χ3n) is 4.91. The highest BCUT2D eigenvalue weighted by Gasteiger charge is 2.34. The van der Waals surface area contributed by atoms with Crippen LogP contribution in [0.3, 0.4) is 0 Å². The van der Waals surface area contributed by atoms with Gasteiger partial charge >= 0.3 is 11.9 Å². The molecule has 0 saturated heterocycles. The second-order valence-electron chi connectivity index (χ2n) is 5.90. The average molecular weight is 254 g/mol. The molecule has 0 radical (unpaired) electrons. The molecule has 0 aromatic rings. The maximum Gasteiger partial charge on any atom is 0.306 e. The monoisotopic (exact) mass is 254 g/mol. The van der Waals surface area contributed by atoms with Gasteiger partial charge in [0.15, 0.2) is 0 Å². The molecule has 2 aliphatic carbocycles. The molecule has 2 aliphatic rings. The van der Waals surface area contributed by atoms with E-state index in [4.69, 9.17) is 10.2 Å². The summed E-state index contributed by atoms with van der Waals surface area (Å²) in [5.41, 5.74) is 0. The van der Waals surface area contributed by atoms with Crippen molar-refractivity contribution in [2.75, 3.05) is 0 Å². The van der Waals surface area contributed by atoms with Crippen LogP contribution in [0, 0.1) is 23.7 Å². The van der Waals surface area contributed by atoms with Crippen LogP contribution in [0.25, 0.3) is 0 Å². The van der Waals surface area contributed by atoms with Crippen LogP contribution in [0.5, 0.6) is 0 Å². The fraction of sp³-hybridized carbons (Fsp3) is 0.857. The highest BCUT2D eigenvalue weighted by molar-refractivity contribution is 5.70. The fourth-order valence-electron chi connectivity index (χ4n) is 3.68. The average Bonchev–Trinajstić information content (AvgIpc) is 2.39. The van der Waals surface area contributed by atoms with Gasteiger partial charge in [-0.1, -0.05) is 0 Å². The van der Waals surface area contributed by atoms with E-state index in [0.29, 0.717) is 11.8 Å². The first kappa shape index (κ1) is 13.4. The smallest absolute Gasteiger partial charge is 0.306 e. The summed E-state index contributed by atoms with van der Waals surface area (Å²) in [6, 6.07) is 0. The van der Waals surface area contributed by atoms with E-state index in [9.17, 15) is 9.59 Å². The molecular formula is C14H22O4. The van der Waals surface area contributed by atoms with Crippen molar-refractivity contribution in [3.8, 4) is 0 Å². The molecule has 0 aromatic carbocycles. The maximum absolute atomic E-state index is 10.9. The SMILES string of the molecule is O=C(O)C1CCC([C@H]2CC[C@@H](C(=O)O)CC2)CC1. The van der Waals surface area contributed by atoms with E-state index in [1.165, 1.54) is 0 Å². The molecule has 2 fully saturated rings. The third kappa shape index (κ3) is 3.03. The summed E-state index contributed by atoms with van der Waals surface area (Å²) in [4.78, 5) is 21.8. The van der Waals surface area contributed by atoms with Crippen LogP contribution in [-0.4, -0.2) is 22.2 Å². The number of hydrogen-bond acceptors (Lipinski definition) is 2. The summed E-state index contributed by atoms with van der Waals surface area (Å²) in [6.45, 7) is 0. The molecule has 4 nitrogen and oxygen atoms in total. The van der Waals surface area contributed by atoms with E-state index in [0.717, 1.165) is 51.4 Å². The highest BCUT2D eigenvalue weighted by atomic mass is 16.4. The molecule has 0 heterocycles. The Bertz CT molecular complexity index is 278. The molecule has 4 heteroatoms. The van der Waals surface area contributed by atoms with E-state index >= 15 is 0 Å². The van der Waals surface area contributed by atoms with Gasteiger partial charge in [0.2, 0.25) is 0 Å². The molecule has 0 amide bonds. The third-order valence-corrected chi connectivity index (χ3v) is 4.91. The van der Waals surface area contributed by atoms with Crippen molar-refractivity contribution in [3.05, 3.63) is 0 Å². The van der Waals surface area contributed by atoms with Crippen molar-refractivity contribution in [1.82, 2.24) is 0 Å². The summed E-state index contributed by atoms with van der Waals surface area (Å²) in [7, 11) is 0. The molecule has 0 atom stereocenters. The van der Waals surface area contributed by atoms with E-state index in [2.05, 4.69) is 0 Å². The largest absolute Gasteiger partial charge is 0.481 e. The molecule has 18 heavy (non-hydrogen) atoms. The Balaban J connectivity index is 1.78. The first-order chi connectivity index (χ1) is 8.58. The Hall–Kier alpha value is -1.06. The van der Waals surface area contributed by atoms with Crippen LogP contribution < -0.4 is 0 Å². The fourth-order valence-corrected chi connectivity index (χ4v) is 3.68. The minimum atomic E-state index is -0.650. The maximum atomic E-state index is 10.9. The van der Waals surface area contributed by atoms with E-state index in [1.54, 1.807) is 0 Å². The van der Waals surface area contributed by atoms with Gasteiger partial charge in [0.25, 0.3) is 0 Å². The zero-order chi connectivity index (χ0) is 13.1. The Morgan fingerprint density at radius 2 is 0.889 bits per heavy atom. The van der Waals surface area contributed by atoms with Crippen molar-refractivity contribution in [1.29, 1.82) is 0 Å². The Morgan fingerprint density at radius 3 is 1.11 bits per heavy atom. The number of carbonyl (C=O) groups is 2. The number of carboxylic acids is 2. The van der Waals surface area contributed by atoms with Gasteiger partial charge in [-0.2, -0.15) is 0 Å². The molecule has 2 saturated carbocycles. The normalized spacial score (nSPS) is 37.1. The first-order valence-corrected chi connectivity index (χ1v) is 7.03. The summed E-state index contributed by atoms with van der Waals surface area (Å²) >= 11 is 0. The summed E-state index contributed by atoms with van der Waals surface area (Å²) in [6.07, 6.45) is 7.27. The van der Waals surface area contributed by atoms with E-state index < -0.39 is 11.9 Å². The van der Waals surface area contributed by atoms with E-state index in [-0.39, 0.29) is 11.8 Å². The second-order valence-corrected chi connectivity index (χ2v) is 5.90. The zero-order valence-corrected chi connectivity index (χ0v) is 10.7. The Kier molecular flexibility index (Phi) is 4.25. The Morgan fingerprint density at radius 1 is 0.611 bits per heavy atom. The molecule has 102 valence electrons. The predicted molar refractivity (Wildman–Crippen MR) is 66.2 cm³/mol. The summed E-state index contributed by atoms with van der Waals surface area (Å²) in [5.74, 6) is -0.315. The van der Waals surface area contributed by atoms with Crippen molar-refractivity contribution < 1.29 is 19.8 Å². The van der Waals surface area contributed by atoms with Gasteiger partial charge in [-0.3, -0.25) is 9.59 Å². The van der Waals surface area contributed by atoms with Gasteiger partial charge < -0.3 is 10.2 Å². The van der Waals surface area contributed by atoms with Crippen molar-refractivity contribution in [2.45, 2.75) is 51.4 Å². The molecule has 2 N–H and O–H groups in total. The van der Waals surface area contributed by atoms with Crippen LogP contribution in [0.1, 0.15) is 51.4 Å². The highest BCUT2D eigenvalue weighted by Crippen LogP contribution is 2.41. The minimum Gasteiger partial charge on any atom is -0.481 e.